The molecule has 10 heteroatoms. The van der Waals surface area contributed by atoms with E-state index in [4.69, 9.17) is 25.1 Å². The van der Waals surface area contributed by atoms with Crippen LogP contribution >= 0.6 is 0 Å². The summed E-state index contributed by atoms with van der Waals surface area (Å²) in [5.41, 5.74) is 6.18. The van der Waals surface area contributed by atoms with Crippen molar-refractivity contribution < 1.29 is 19.1 Å². The molecule has 4 aromatic rings. The number of aliphatic hydroxyl groups excluding tert-OH is 1. The zero-order valence-electron chi connectivity index (χ0n) is 19.1. The maximum absolute atomic E-state index is 10.7. The Kier molecular flexibility index (Phi) is 10.3. The summed E-state index contributed by atoms with van der Waals surface area (Å²) in [6.07, 6.45) is 5.95. The van der Waals surface area contributed by atoms with Gasteiger partial charge in [0, 0.05) is 29.1 Å². The maximum Gasteiger partial charge on any atom is 0.240 e. The highest BCUT2D eigenvalue weighted by molar-refractivity contribution is 5.98. The number of nitrogens with one attached hydrogen (secondary N) is 2. The molecular weight excluding hydrogens is 436 g/mol. The van der Waals surface area contributed by atoms with Crippen molar-refractivity contribution in [2.75, 3.05) is 13.7 Å². The molecule has 4 rings (SSSR count). The first-order valence-corrected chi connectivity index (χ1v) is 10.5. The summed E-state index contributed by atoms with van der Waals surface area (Å²) in [4.78, 5) is 14.9. The summed E-state index contributed by atoms with van der Waals surface area (Å²) in [6, 6.07) is 12.2. The number of nitrogens with zero attached hydrogens (tertiary/aromatic N) is 3. The molecule has 0 saturated carbocycles. The molecule has 0 spiro atoms. The van der Waals surface area contributed by atoms with Gasteiger partial charge in [-0.25, -0.2) is 0 Å². The van der Waals surface area contributed by atoms with Crippen LogP contribution in [-0.2, 0) is 6.61 Å². The van der Waals surface area contributed by atoms with Crippen molar-refractivity contribution in [2.45, 2.75) is 20.0 Å². The van der Waals surface area contributed by atoms with Crippen LogP contribution in [0.15, 0.2) is 65.6 Å². The Morgan fingerprint density at radius 1 is 1.21 bits per heavy atom. The molecule has 10 nitrogen and oxygen atoms in total. The highest BCUT2D eigenvalue weighted by Gasteiger charge is 2.14. The number of benzene rings is 1. The lowest BCUT2D eigenvalue weighted by Gasteiger charge is -2.13. The number of hydrogen-bond acceptors (Lipinski definition) is 9. The van der Waals surface area contributed by atoms with Crippen LogP contribution in [0.3, 0.4) is 0 Å². The fraction of sp³-hybridized carbons (Fsp3) is 0.208. The summed E-state index contributed by atoms with van der Waals surface area (Å²) in [5.74, 6) is 0.281. The molecule has 0 radical (unpaired) electrons. The van der Waals surface area contributed by atoms with Crippen molar-refractivity contribution in [1.29, 1.82) is 10.8 Å². The van der Waals surface area contributed by atoms with E-state index in [0.29, 0.717) is 34.2 Å². The number of aldehydes is 1. The van der Waals surface area contributed by atoms with Crippen molar-refractivity contribution in [3.8, 4) is 5.88 Å². The van der Waals surface area contributed by atoms with Crippen LogP contribution in [0.4, 0.5) is 0 Å². The van der Waals surface area contributed by atoms with Gasteiger partial charge in [0.2, 0.25) is 5.88 Å². The number of hydrogen-bond donors (Lipinski definition) is 4. The number of carbonyl (C=O) groups is 1. The highest BCUT2D eigenvalue weighted by atomic mass is 16.5. The normalized spacial score (nSPS) is 9.88. The van der Waals surface area contributed by atoms with Crippen LogP contribution in [0, 0.1) is 10.8 Å². The van der Waals surface area contributed by atoms with Gasteiger partial charge >= 0.3 is 0 Å². The van der Waals surface area contributed by atoms with Crippen LogP contribution in [-0.4, -0.2) is 45.6 Å². The van der Waals surface area contributed by atoms with Crippen molar-refractivity contribution in [3.05, 3.63) is 83.5 Å². The first kappa shape index (κ1) is 26.1. The van der Waals surface area contributed by atoms with Crippen LogP contribution in [0.5, 0.6) is 5.88 Å². The molecule has 0 fully saturated rings. The minimum absolute atomic E-state index is 0.00261. The second-order valence-corrected chi connectivity index (χ2v) is 6.68. The number of aliphatic hydroxyl groups is 1. The van der Waals surface area contributed by atoms with Crippen LogP contribution in [0.25, 0.3) is 10.8 Å². The summed E-state index contributed by atoms with van der Waals surface area (Å²) in [6.45, 7) is 2.38. The molecular formula is C24H28N6O4. The Labute approximate surface area is 196 Å². The Hall–Kier alpha value is -4.15. The maximum atomic E-state index is 10.7. The Morgan fingerprint density at radius 2 is 1.91 bits per heavy atom. The average Bonchev–Trinajstić information content (AvgIpc) is 3.45. The number of fused-ring (bicyclic) bond motifs is 1. The van der Waals surface area contributed by atoms with E-state index >= 15 is 0 Å². The molecule has 178 valence electrons. The van der Waals surface area contributed by atoms with Gasteiger partial charge in [-0.15, -0.1) is 5.10 Å². The van der Waals surface area contributed by atoms with Crippen molar-refractivity contribution in [1.82, 2.24) is 14.8 Å². The van der Waals surface area contributed by atoms with Gasteiger partial charge in [0.25, 0.3) is 0 Å². The molecule has 3 heterocycles. The molecule has 0 unspecified atom stereocenters. The molecule has 0 aliphatic rings. The van der Waals surface area contributed by atoms with Gasteiger partial charge in [-0.05, 0) is 37.7 Å². The summed E-state index contributed by atoms with van der Waals surface area (Å²) >= 11 is 0. The third kappa shape index (κ3) is 6.44. The first-order valence-electron chi connectivity index (χ1n) is 10.5. The second-order valence-electron chi connectivity index (χ2n) is 6.68. The highest BCUT2D eigenvalue weighted by Crippen LogP contribution is 2.21. The number of aromatic nitrogens is 3. The number of carbonyl (C=O) groups excluding carboxylic acids is 1. The lowest BCUT2D eigenvalue weighted by molar-refractivity contribution is 0.112. The van der Waals surface area contributed by atoms with Crippen molar-refractivity contribution in [2.24, 2.45) is 5.73 Å². The fourth-order valence-electron chi connectivity index (χ4n) is 2.71. The number of furan rings is 1. The average molecular weight is 465 g/mol. The van der Waals surface area contributed by atoms with Gasteiger partial charge < -0.3 is 20.0 Å². The lowest BCUT2D eigenvalue weighted by Crippen LogP contribution is -2.30. The predicted octanol–water partition coefficient (Wildman–Crippen LogP) is 2.73. The molecule has 0 bridgehead atoms. The van der Waals surface area contributed by atoms with E-state index in [9.17, 15) is 4.79 Å². The van der Waals surface area contributed by atoms with Gasteiger partial charge in [0.1, 0.15) is 12.9 Å². The zero-order valence-corrected chi connectivity index (χ0v) is 19.1. The SMILES string of the molecule is CCCO.CN.N=C(c1ccoc1)n1nc(OCc2ccc(C=O)cn2)c2ccccc2c1=N. The molecule has 0 aliphatic heterocycles. The summed E-state index contributed by atoms with van der Waals surface area (Å²) < 4.78 is 12.1. The Balaban J connectivity index is 0.000000618. The molecule has 0 amide bonds. The molecule has 5 N–H and O–H groups in total. The minimum atomic E-state index is 0.00261. The number of ether oxygens (including phenoxy) is 1. The third-order valence-electron chi connectivity index (χ3n) is 4.39. The van der Waals surface area contributed by atoms with Crippen LogP contribution < -0.4 is 16.0 Å². The molecule has 1 aromatic carbocycles. The smallest absolute Gasteiger partial charge is 0.240 e. The fourth-order valence-corrected chi connectivity index (χ4v) is 2.71. The number of rotatable bonds is 6. The summed E-state index contributed by atoms with van der Waals surface area (Å²) in [7, 11) is 1.50. The number of nitrogens with two attached hydrogens (primary N) is 1. The molecule has 34 heavy (non-hydrogen) atoms. The topological polar surface area (TPSA) is 164 Å². The zero-order chi connectivity index (χ0) is 24.9. The largest absolute Gasteiger partial charge is 0.472 e. The van der Waals surface area contributed by atoms with Gasteiger partial charge in [-0.2, -0.15) is 4.68 Å². The van der Waals surface area contributed by atoms with Gasteiger partial charge in [0.05, 0.1) is 17.5 Å². The van der Waals surface area contributed by atoms with E-state index in [0.717, 1.165) is 12.7 Å². The van der Waals surface area contributed by atoms with Crippen molar-refractivity contribution in [3.63, 3.8) is 0 Å². The lowest BCUT2D eigenvalue weighted by atomic mass is 10.2. The van der Waals surface area contributed by atoms with E-state index in [2.05, 4.69) is 15.8 Å². The Morgan fingerprint density at radius 3 is 2.47 bits per heavy atom. The van der Waals surface area contributed by atoms with E-state index < -0.39 is 0 Å². The van der Waals surface area contributed by atoms with Crippen molar-refractivity contribution >= 4 is 22.9 Å². The van der Waals surface area contributed by atoms with E-state index in [-0.39, 0.29) is 23.8 Å². The Bertz CT molecular complexity index is 1250. The van der Waals surface area contributed by atoms with E-state index in [1.165, 1.54) is 30.5 Å². The minimum Gasteiger partial charge on any atom is -0.472 e. The van der Waals surface area contributed by atoms with E-state index in [1.807, 2.05) is 25.1 Å². The molecule has 3 aromatic heterocycles. The molecule has 0 saturated heterocycles. The standard InChI is InChI=1S/C20H15N5O3.C3H8O.CH5N/c21-18(14-7-8-27-11-14)25-19(22)16-3-1-2-4-17(16)20(24-25)28-12-15-6-5-13(10-26)9-23-15;1-2-3-4;1-2/h1-11,21-22H,12H2;4H,2-3H2,1H3;2H2,1H3. The second kappa shape index (κ2) is 13.4. The quantitative estimate of drug-likeness (QED) is 0.193. The molecule has 0 aliphatic carbocycles. The monoisotopic (exact) mass is 464 g/mol. The van der Waals surface area contributed by atoms with Crippen LogP contribution in [0.2, 0.25) is 0 Å². The van der Waals surface area contributed by atoms with Crippen LogP contribution in [0.1, 0.15) is 35.0 Å². The van der Waals surface area contributed by atoms with Gasteiger partial charge in [0.15, 0.2) is 17.6 Å². The molecule has 0 atom stereocenters. The first-order chi connectivity index (χ1) is 16.6. The number of pyridine rings is 1. The summed E-state index contributed by atoms with van der Waals surface area (Å²) in [5, 5.41) is 30.3. The van der Waals surface area contributed by atoms with Gasteiger partial charge in [-0.3, -0.25) is 20.6 Å². The van der Waals surface area contributed by atoms with Gasteiger partial charge in [-0.1, -0.05) is 25.1 Å². The third-order valence-corrected chi connectivity index (χ3v) is 4.39. The predicted molar refractivity (Wildman–Crippen MR) is 128 cm³/mol. The van der Waals surface area contributed by atoms with E-state index in [1.54, 1.807) is 24.3 Å².